The van der Waals surface area contributed by atoms with Crippen LogP contribution >= 0.6 is 0 Å². The van der Waals surface area contributed by atoms with Crippen LogP contribution in [0.15, 0.2) is 12.2 Å². The first kappa shape index (κ1) is 25.0. The van der Waals surface area contributed by atoms with Crippen molar-refractivity contribution in [2.75, 3.05) is 0 Å². The van der Waals surface area contributed by atoms with Crippen molar-refractivity contribution < 1.29 is 39.5 Å². The van der Waals surface area contributed by atoms with Gasteiger partial charge in [0.25, 0.3) is 0 Å². The Labute approximate surface area is 212 Å². The lowest BCUT2D eigenvalue weighted by molar-refractivity contribution is -0.279. The van der Waals surface area contributed by atoms with Gasteiger partial charge in [-0.1, -0.05) is 19.9 Å². The zero-order chi connectivity index (χ0) is 26.2. The fourth-order valence-electron chi connectivity index (χ4n) is 9.73. The van der Waals surface area contributed by atoms with Crippen molar-refractivity contribution in [1.29, 1.82) is 0 Å². The number of cyclic esters (lactones) is 1. The van der Waals surface area contributed by atoms with Crippen molar-refractivity contribution >= 4 is 11.8 Å². The molecule has 6 aliphatic rings. The molecule has 0 aromatic rings. The molecule has 0 aromatic heterocycles. The molecule has 8 nitrogen and oxygen atoms in total. The van der Waals surface area contributed by atoms with E-state index in [2.05, 4.69) is 13.8 Å². The molecule has 2 heterocycles. The highest BCUT2D eigenvalue weighted by atomic mass is 16.7. The normalized spacial score (nSPS) is 60.4. The molecule has 0 amide bonds. The average Bonchev–Trinajstić information content (AvgIpc) is 3.22. The molecule has 0 unspecified atom stereocenters. The van der Waals surface area contributed by atoms with Gasteiger partial charge in [0.15, 0.2) is 11.4 Å². The Hall–Kier alpha value is -1.32. The number of allylic oxidation sites excluding steroid dienone is 1. The van der Waals surface area contributed by atoms with Crippen LogP contribution in [-0.4, -0.2) is 73.4 Å². The average molecular weight is 505 g/mol. The molecular weight excluding hydrogens is 464 g/mol. The van der Waals surface area contributed by atoms with E-state index in [0.29, 0.717) is 6.42 Å². The van der Waals surface area contributed by atoms with Crippen LogP contribution in [0.5, 0.6) is 0 Å². The molecule has 4 N–H and O–H groups in total. The fourth-order valence-corrected chi connectivity index (χ4v) is 9.73. The summed E-state index contributed by atoms with van der Waals surface area (Å²) in [6.07, 6.45) is 1.72. The highest BCUT2D eigenvalue weighted by molar-refractivity contribution is 5.97. The van der Waals surface area contributed by atoms with E-state index in [1.807, 2.05) is 6.92 Å². The van der Waals surface area contributed by atoms with Gasteiger partial charge in [0, 0.05) is 6.42 Å². The molecule has 6 rings (SSSR count). The highest BCUT2D eigenvalue weighted by Gasteiger charge is 2.75. The van der Waals surface area contributed by atoms with E-state index < -0.39 is 57.8 Å². The summed E-state index contributed by atoms with van der Waals surface area (Å²) >= 11 is 0. The number of aliphatic hydroxyl groups excluding tert-OH is 3. The molecule has 36 heavy (non-hydrogen) atoms. The van der Waals surface area contributed by atoms with E-state index in [0.717, 1.165) is 12.8 Å². The molecule has 8 heteroatoms. The second kappa shape index (κ2) is 7.20. The number of ether oxygens (including phenoxy) is 2. The smallest absolute Gasteiger partial charge is 0.341 e. The van der Waals surface area contributed by atoms with Crippen LogP contribution in [0.3, 0.4) is 0 Å². The number of aliphatic hydroxyl groups is 4. The second-order valence-electron chi connectivity index (χ2n) is 13.5. The molecule has 200 valence electrons. The number of esters is 1. The SMILES string of the molecule is C[C@@H]([C@H]1CC[C@H]2[C@@H]3[C@@H](O)[C@H](O)[C@@]4(O)CC=CC(=O)[C@]4(C)[C@H]3C[C@H](O)[C@]12C)[C@H]1C[C@]2(C)O[C@]2(C)C(=O)O1. The summed E-state index contributed by atoms with van der Waals surface area (Å²) in [5, 5.41) is 45.9. The summed E-state index contributed by atoms with van der Waals surface area (Å²) in [4.78, 5) is 26.0. The van der Waals surface area contributed by atoms with Crippen LogP contribution in [0.25, 0.3) is 0 Å². The molecule has 0 radical (unpaired) electrons. The zero-order valence-electron chi connectivity index (χ0n) is 21.8. The van der Waals surface area contributed by atoms with Gasteiger partial charge in [-0.05, 0) is 87.5 Å². The minimum Gasteiger partial charge on any atom is -0.460 e. The van der Waals surface area contributed by atoms with Crippen molar-refractivity contribution in [2.45, 2.75) is 108 Å². The standard InChI is InChI=1S/C28H40O8/c1-13(17-12-24(2)27(5,36-24)23(33)35-17)14-8-9-15-20-16(11-19(30)25(14,15)3)26(4)18(29)7-6-10-28(26,34)22(32)21(20)31/h6-7,13-17,19-22,30-32,34H,8-12H2,1-5H3/t13-,14+,15-,16-,17+,19-,20-,21+,22-,24-,25+,26-,27+,28-/m0/s1. The van der Waals surface area contributed by atoms with Gasteiger partial charge in [0.1, 0.15) is 23.4 Å². The topological polar surface area (TPSA) is 137 Å². The summed E-state index contributed by atoms with van der Waals surface area (Å²) in [5.41, 5.74) is -5.08. The van der Waals surface area contributed by atoms with E-state index in [9.17, 15) is 30.0 Å². The fraction of sp³-hybridized carbons (Fsp3) is 0.857. The maximum absolute atomic E-state index is 13.3. The number of hydrogen-bond acceptors (Lipinski definition) is 8. The third kappa shape index (κ3) is 2.63. The van der Waals surface area contributed by atoms with Gasteiger partial charge >= 0.3 is 5.97 Å². The van der Waals surface area contributed by atoms with Crippen LogP contribution in [-0.2, 0) is 19.1 Å². The number of hydrogen-bond donors (Lipinski definition) is 4. The molecule has 0 spiro atoms. The van der Waals surface area contributed by atoms with E-state index >= 15 is 0 Å². The third-order valence-corrected chi connectivity index (χ3v) is 12.4. The Balaban J connectivity index is 1.34. The Kier molecular flexibility index (Phi) is 5.00. The largest absolute Gasteiger partial charge is 0.460 e. The molecule has 2 saturated heterocycles. The van der Waals surface area contributed by atoms with Gasteiger partial charge in [-0.25, -0.2) is 4.79 Å². The Morgan fingerprint density at radius 1 is 1.06 bits per heavy atom. The molecular formula is C28H40O8. The van der Waals surface area contributed by atoms with E-state index in [1.54, 1.807) is 19.9 Å². The lowest BCUT2D eigenvalue weighted by atomic mass is 9.41. The summed E-state index contributed by atoms with van der Waals surface area (Å²) in [6.45, 7) is 9.55. The summed E-state index contributed by atoms with van der Waals surface area (Å²) in [5.74, 6) is -1.67. The van der Waals surface area contributed by atoms with Gasteiger partial charge < -0.3 is 29.9 Å². The maximum Gasteiger partial charge on any atom is 0.341 e. The van der Waals surface area contributed by atoms with Crippen LogP contribution in [0, 0.1) is 40.4 Å². The van der Waals surface area contributed by atoms with Gasteiger partial charge in [-0.3, -0.25) is 4.79 Å². The number of carbonyl (C=O) groups excluding carboxylic acids is 2. The Morgan fingerprint density at radius 3 is 2.42 bits per heavy atom. The zero-order valence-corrected chi connectivity index (χ0v) is 21.8. The first-order chi connectivity index (χ1) is 16.7. The van der Waals surface area contributed by atoms with Crippen molar-refractivity contribution in [3.63, 3.8) is 0 Å². The second-order valence-corrected chi connectivity index (χ2v) is 13.5. The van der Waals surface area contributed by atoms with Crippen LogP contribution in [0.2, 0.25) is 0 Å². The summed E-state index contributed by atoms with van der Waals surface area (Å²) in [7, 11) is 0. The lowest BCUT2D eigenvalue weighted by Gasteiger charge is -2.65. The molecule has 5 fully saturated rings. The molecule has 2 aliphatic heterocycles. The molecule has 14 atom stereocenters. The molecule has 0 aromatic carbocycles. The van der Waals surface area contributed by atoms with Crippen LogP contribution in [0.1, 0.15) is 66.7 Å². The Bertz CT molecular complexity index is 1040. The third-order valence-electron chi connectivity index (χ3n) is 12.4. The predicted molar refractivity (Wildman–Crippen MR) is 127 cm³/mol. The summed E-state index contributed by atoms with van der Waals surface area (Å²) < 4.78 is 11.7. The number of carbonyl (C=O) groups is 2. The maximum atomic E-state index is 13.3. The Morgan fingerprint density at radius 2 is 1.75 bits per heavy atom. The van der Waals surface area contributed by atoms with Gasteiger partial charge in [-0.2, -0.15) is 0 Å². The number of epoxide rings is 1. The van der Waals surface area contributed by atoms with Crippen molar-refractivity contribution in [2.24, 2.45) is 40.4 Å². The van der Waals surface area contributed by atoms with Crippen LogP contribution in [0.4, 0.5) is 0 Å². The van der Waals surface area contributed by atoms with E-state index in [-0.39, 0.29) is 48.5 Å². The lowest BCUT2D eigenvalue weighted by Crippen LogP contribution is -2.75. The van der Waals surface area contributed by atoms with E-state index in [1.165, 1.54) is 6.08 Å². The highest BCUT2D eigenvalue weighted by Crippen LogP contribution is 2.69. The monoisotopic (exact) mass is 504 g/mol. The minimum absolute atomic E-state index is 0.0165. The quantitative estimate of drug-likeness (QED) is 0.328. The summed E-state index contributed by atoms with van der Waals surface area (Å²) in [6, 6.07) is 0. The van der Waals surface area contributed by atoms with Crippen LogP contribution < -0.4 is 0 Å². The molecule has 4 aliphatic carbocycles. The van der Waals surface area contributed by atoms with Crippen molar-refractivity contribution in [3.8, 4) is 0 Å². The predicted octanol–water partition coefficient (Wildman–Crippen LogP) is 1.52. The number of fused-ring (bicyclic) bond motifs is 6. The van der Waals surface area contributed by atoms with Gasteiger partial charge in [0.2, 0.25) is 0 Å². The van der Waals surface area contributed by atoms with Crippen molar-refractivity contribution in [1.82, 2.24) is 0 Å². The molecule has 3 saturated carbocycles. The molecule has 0 bridgehead atoms. The van der Waals surface area contributed by atoms with E-state index in [4.69, 9.17) is 9.47 Å². The minimum atomic E-state index is -1.78. The number of rotatable bonds is 2. The van der Waals surface area contributed by atoms with Gasteiger partial charge in [0.05, 0.1) is 17.6 Å². The number of ketones is 1. The van der Waals surface area contributed by atoms with Crippen molar-refractivity contribution in [3.05, 3.63) is 12.2 Å². The van der Waals surface area contributed by atoms with Gasteiger partial charge in [-0.15, -0.1) is 0 Å². The first-order valence-electron chi connectivity index (χ1n) is 13.6. The first-order valence-corrected chi connectivity index (χ1v) is 13.6.